The molecule has 0 spiro atoms. The fraction of sp³-hybridized carbons (Fsp3) is 0.182. The van der Waals surface area contributed by atoms with Crippen molar-refractivity contribution in [3.63, 3.8) is 0 Å². The highest BCUT2D eigenvalue weighted by molar-refractivity contribution is 6.32. The Bertz CT molecular complexity index is 670. The number of rotatable bonds is 4. The van der Waals surface area contributed by atoms with E-state index in [1.54, 1.807) is 7.05 Å². The Morgan fingerprint density at radius 2 is 2.30 bits per heavy atom. The van der Waals surface area contributed by atoms with E-state index >= 15 is 0 Å². The van der Waals surface area contributed by atoms with Crippen molar-refractivity contribution in [3.05, 3.63) is 51.1 Å². The van der Waals surface area contributed by atoms with Crippen molar-refractivity contribution in [3.8, 4) is 0 Å². The topological polar surface area (TPSA) is 103 Å². The molecular weight excluding hydrogens is 286 g/mol. The minimum absolute atomic E-state index is 0.0158. The van der Waals surface area contributed by atoms with E-state index in [0.717, 1.165) is 6.07 Å². The van der Waals surface area contributed by atoms with Gasteiger partial charge in [-0.25, -0.2) is 4.98 Å². The lowest BCUT2D eigenvalue weighted by atomic mass is 10.2. The number of hydrogen-bond donors (Lipinski definition) is 1. The normalized spacial score (nSPS) is 10.3. The maximum absolute atomic E-state index is 11.9. The van der Waals surface area contributed by atoms with Crippen LogP contribution in [0.15, 0.2) is 24.5 Å². The van der Waals surface area contributed by atoms with E-state index in [-0.39, 0.29) is 22.8 Å². The second kappa shape index (κ2) is 5.66. The summed E-state index contributed by atoms with van der Waals surface area (Å²) in [6, 6.07) is 3.85. The molecule has 0 unspecified atom stereocenters. The van der Waals surface area contributed by atoms with Gasteiger partial charge in [0.25, 0.3) is 11.6 Å². The van der Waals surface area contributed by atoms with Crippen molar-refractivity contribution in [1.82, 2.24) is 20.1 Å². The summed E-state index contributed by atoms with van der Waals surface area (Å²) >= 11 is 5.68. The Morgan fingerprint density at radius 3 is 2.90 bits per heavy atom. The Balaban J connectivity index is 2.09. The first-order valence-electron chi connectivity index (χ1n) is 5.54. The monoisotopic (exact) mass is 295 g/mol. The summed E-state index contributed by atoms with van der Waals surface area (Å²) in [5.41, 5.74) is -0.160. The molecule has 2 aromatic rings. The maximum Gasteiger partial charge on any atom is 0.288 e. The summed E-state index contributed by atoms with van der Waals surface area (Å²) in [4.78, 5) is 25.9. The summed E-state index contributed by atoms with van der Waals surface area (Å²) < 4.78 is 1.51. The van der Waals surface area contributed by atoms with Gasteiger partial charge in [0.1, 0.15) is 11.3 Å². The fourth-order valence-corrected chi connectivity index (χ4v) is 1.71. The van der Waals surface area contributed by atoms with Gasteiger partial charge in [-0.05, 0) is 12.1 Å². The van der Waals surface area contributed by atoms with E-state index in [1.165, 1.54) is 23.1 Å². The van der Waals surface area contributed by atoms with E-state index in [4.69, 9.17) is 11.6 Å². The number of nitrogens with one attached hydrogen (secondary N) is 1. The standard InChI is InChI=1S/C11H10ClN5O3/c1-16-6-14-10(15-16)5-13-11(18)7-2-3-8(12)9(4-7)17(19)20/h2-4,6H,5H2,1H3,(H,13,18). The summed E-state index contributed by atoms with van der Waals surface area (Å²) in [5.74, 6) is -0.0125. The third-order valence-corrected chi connectivity index (χ3v) is 2.78. The molecule has 0 aliphatic carbocycles. The lowest BCUT2D eigenvalue weighted by Crippen LogP contribution is -2.23. The predicted molar refractivity (Wildman–Crippen MR) is 70.3 cm³/mol. The molecule has 1 aromatic carbocycles. The summed E-state index contributed by atoms with van der Waals surface area (Å²) in [6.45, 7) is 0.135. The van der Waals surface area contributed by atoms with Gasteiger partial charge in [-0.2, -0.15) is 5.10 Å². The molecule has 0 bridgehead atoms. The zero-order valence-corrected chi connectivity index (χ0v) is 11.2. The van der Waals surface area contributed by atoms with Crippen LogP contribution in [-0.2, 0) is 13.6 Å². The molecule has 1 amide bonds. The number of carbonyl (C=O) groups excluding carboxylic acids is 1. The third kappa shape index (κ3) is 3.09. The molecule has 0 atom stereocenters. The van der Waals surface area contributed by atoms with Gasteiger partial charge in [0.15, 0.2) is 5.82 Å². The molecule has 1 heterocycles. The molecule has 104 valence electrons. The number of aromatic nitrogens is 3. The Hall–Kier alpha value is -2.48. The minimum Gasteiger partial charge on any atom is -0.345 e. The average molecular weight is 296 g/mol. The largest absolute Gasteiger partial charge is 0.345 e. The first-order chi connectivity index (χ1) is 9.47. The molecule has 1 N–H and O–H groups in total. The molecule has 0 aliphatic heterocycles. The molecule has 1 aromatic heterocycles. The van der Waals surface area contributed by atoms with Crippen molar-refractivity contribution in [2.75, 3.05) is 0 Å². The molecule has 8 nitrogen and oxygen atoms in total. The molecule has 0 fully saturated rings. The van der Waals surface area contributed by atoms with Gasteiger partial charge in [0.2, 0.25) is 0 Å². The lowest BCUT2D eigenvalue weighted by Gasteiger charge is -2.03. The molecule has 20 heavy (non-hydrogen) atoms. The van der Waals surface area contributed by atoms with Crippen LogP contribution in [0.4, 0.5) is 5.69 Å². The number of benzene rings is 1. The smallest absolute Gasteiger partial charge is 0.288 e. The molecule has 0 saturated carbocycles. The molecule has 0 saturated heterocycles. The SMILES string of the molecule is Cn1cnc(CNC(=O)c2ccc(Cl)c([N+](=O)[O-])c2)n1. The van der Waals surface area contributed by atoms with E-state index in [9.17, 15) is 14.9 Å². The van der Waals surface area contributed by atoms with Crippen LogP contribution in [0.1, 0.15) is 16.2 Å². The maximum atomic E-state index is 11.9. The Kier molecular flexibility index (Phi) is 3.94. The highest BCUT2D eigenvalue weighted by Gasteiger charge is 2.16. The lowest BCUT2D eigenvalue weighted by molar-refractivity contribution is -0.384. The number of nitrogens with zero attached hydrogens (tertiary/aromatic N) is 4. The first-order valence-corrected chi connectivity index (χ1v) is 5.92. The van der Waals surface area contributed by atoms with Crippen molar-refractivity contribution >= 4 is 23.2 Å². The quantitative estimate of drug-likeness (QED) is 0.676. The van der Waals surface area contributed by atoms with Crippen LogP contribution in [0.25, 0.3) is 0 Å². The zero-order chi connectivity index (χ0) is 14.7. The molecule has 0 aliphatic rings. The number of nitro benzene ring substituents is 1. The highest BCUT2D eigenvalue weighted by Crippen LogP contribution is 2.24. The highest BCUT2D eigenvalue weighted by atomic mass is 35.5. The number of nitro groups is 1. The van der Waals surface area contributed by atoms with Crippen LogP contribution in [0.5, 0.6) is 0 Å². The van der Waals surface area contributed by atoms with Crippen LogP contribution in [0, 0.1) is 10.1 Å². The first kappa shape index (κ1) is 13.9. The van der Waals surface area contributed by atoms with Gasteiger partial charge in [-0.1, -0.05) is 11.6 Å². The van der Waals surface area contributed by atoms with Gasteiger partial charge in [0, 0.05) is 18.7 Å². The number of aryl methyl sites for hydroxylation is 1. The Morgan fingerprint density at radius 1 is 1.55 bits per heavy atom. The molecule has 2 rings (SSSR count). The van der Waals surface area contributed by atoms with Crippen LogP contribution in [0.3, 0.4) is 0 Å². The van der Waals surface area contributed by atoms with Crippen molar-refractivity contribution < 1.29 is 9.72 Å². The van der Waals surface area contributed by atoms with Crippen LogP contribution in [0.2, 0.25) is 5.02 Å². The fourth-order valence-electron chi connectivity index (χ4n) is 1.52. The van der Waals surface area contributed by atoms with Gasteiger partial charge in [-0.15, -0.1) is 0 Å². The summed E-state index contributed by atoms with van der Waals surface area (Å²) in [5, 5.41) is 17.3. The summed E-state index contributed by atoms with van der Waals surface area (Å²) in [6.07, 6.45) is 1.51. The second-order valence-electron chi connectivity index (χ2n) is 3.94. The molecule has 0 radical (unpaired) electrons. The van der Waals surface area contributed by atoms with E-state index in [2.05, 4.69) is 15.4 Å². The van der Waals surface area contributed by atoms with Gasteiger partial charge < -0.3 is 5.32 Å². The summed E-state index contributed by atoms with van der Waals surface area (Å²) in [7, 11) is 1.71. The molecule has 9 heteroatoms. The predicted octanol–water partition coefficient (Wildman–Crippen LogP) is 1.31. The number of carbonyl (C=O) groups is 1. The molecular formula is C11H10ClN5O3. The number of halogens is 1. The van der Waals surface area contributed by atoms with Crippen LogP contribution >= 0.6 is 11.6 Å². The van der Waals surface area contributed by atoms with E-state index in [0.29, 0.717) is 5.82 Å². The minimum atomic E-state index is -0.639. The van der Waals surface area contributed by atoms with E-state index in [1.807, 2.05) is 0 Å². The van der Waals surface area contributed by atoms with Crippen molar-refractivity contribution in [2.24, 2.45) is 7.05 Å². The number of amides is 1. The second-order valence-corrected chi connectivity index (χ2v) is 4.35. The van der Waals surface area contributed by atoms with Gasteiger partial charge in [-0.3, -0.25) is 19.6 Å². The van der Waals surface area contributed by atoms with E-state index < -0.39 is 10.8 Å². The average Bonchev–Trinajstić information content (AvgIpc) is 2.82. The van der Waals surface area contributed by atoms with Crippen LogP contribution < -0.4 is 5.32 Å². The van der Waals surface area contributed by atoms with Gasteiger partial charge in [0.05, 0.1) is 11.5 Å². The van der Waals surface area contributed by atoms with Crippen molar-refractivity contribution in [2.45, 2.75) is 6.54 Å². The number of hydrogen-bond acceptors (Lipinski definition) is 5. The third-order valence-electron chi connectivity index (χ3n) is 2.46. The zero-order valence-electron chi connectivity index (χ0n) is 10.4. The Labute approximate surface area is 118 Å². The van der Waals surface area contributed by atoms with Crippen LogP contribution in [-0.4, -0.2) is 25.6 Å². The van der Waals surface area contributed by atoms with Crippen molar-refractivity contribution in [1.29, 1.82) is 0 Å². The van der Waals surface area contributed by atoms with Gasteiger partial charge >= 0.3 is 0 Å².